The maximum absolute atomic E-state index is 14.3. The number of halogens is 3. The minimum Gasteiger partial charge on any atom is -0.497 e. The molecule has 0 unspecified atom stereocenters. The van der Waals surface area contributed by atoms with E-state index >= 15 is 0 Å². The van der Waals surface area contributed by atoms with Gasteiger partial charge in [-0.05, 0) is 107 Å². The van der Waals surface area contributed by atoms with Gasteiger partial charge in [-0.1, -0.05) is 27.7 Å². The molecular weight excluding hydrogens is 1250 g/mol. The van der Waals surface area contributed by atoms with Crippen molar-refractivity contribution in [3.63, 3.8) is 0 Å². The smallest absolute Gasteiger partial charge is 0.490 e. The highest BCUT2D eigenvalue weighted by Gasteiger charge is 2.40. The summed E-state index contributed by atoms with van der Waals surface area (Å²) in [6.45, 7) is 7.51. The van der Waals surface area contributed by atoms with E-state index in [1.807, 2.05) is 0 Å². The normalized spacial score (nSPS) is 14.6. The van der Waals surface area contributed by atoms with Gasteiger partial charge in [-0.25, -0.2) is 9.59 Å². The van der Waals surface area contributed by atoms with Crippen LogP contribution in [0.3, 0.4) is 0 Å². The number of nitrogens with zero attached hydrogens (tertiary/aromatic N) is 4. The number of nitro groups is 2. The number of aliphatic imine (C=N–C) groups is 1. The van der Waals surface area contributed by atoms with Crippen LogP contribution in [-0.4, -0.2) is 173 Å². The van der Waals surface area contributed by atoms with Crippen molar-refractivity contribution in [3.8, 4) is 5.75 Å². The number of carboxylic acid groups (broad SMARTS) is 1. The minimum absolute atomic E-state index is 0.0139. The maximum atomic E-state index is 14.3. The van der Waals surface area contributed by atoms with Gasteiger partial charge in [-0.3, -0.25) is 68.4 Å². The highest BCUT2D eigenvalue weighted by Crippen LogP contribution is 2.29. The number of aliphatic carboxylic acids is 1. The number of hydrogen-bond donors (Lipinski definition) is 13. The van der Waals surface area contributed by atoms with Gasteiger partial charge in [-0.15, -0.1) is 0 Å². The fourth-order valence-electron chi connectivity index (χ4n) is 9.46. The molecule has 1 aliphatic rings. The van der Waals surface area contributed by atoms with Crippen LogP contribution in [0.15, 0.2) is 56.7 Å². The van der Waals surface area contributed by atoms with Crippen molar-refractivity contribution >= 4 is 93.1 Å². The SMILES string of the molecule is COc1ccc2c(CC(=O)N[C@@H](CCCCN)C(=O)N3CCC[C@H]3C(=O)N[C@@H](CC(C)C)C(=O)NCC(=O)N[C@@H](CC(C)C)C(=O)N[C@@H](CNc3ccc([N+](=O)[O-])cc3[N+](=O)[O-])C(=O)N[C@@H](C)C(=O)N[C@@H](CCCN=C(N)N)C(N)=O)cc(=O)oc2c1.O=C(O)C(F)(F)F. The standard InChI is InChI=1S/C55H80N16O16.C2HF3O2/c1-29(2)21-39(67-53(80)42-13-10-20-69(42)54(81)38(11-7-8-18-56)64-45(72)23-32-24-47(74)87-44-26-34(86-6)15-16-35(32)44)50(77)62-28-46(73)65-40(22-30(3)4)51(78)68-41(27-61-36-17-14-33(70(82)83)25-43(36)71(84)85)52(79)63-31(5)49(76)66-37(48(57)75)12-9-19-60-55(58)59;3-2(4,5)1(6)7/h14-17,24-26,29-31,37-42,61H,7-13,18-23,27-28,56H2,1-6H3,(H2,57,75)(H,62,77)(H,63,79)(H,64,72)(H,65,73)(H,66,76)(H,67,80)(H,68,78)(H4,58,59,60);(H,6,7)/t31-,37-,38-,39-,40-,41-,42-;/m0./s1. The number of methoxy groups -OCH3 is 1. The summed E-state index contributed by atoms with van der Waals surface area (Å²) in [6, 6.07) is -0.420. The monoisotopic (exact) mass is 1330 g/mol. The summed E-state index contributed by atoms with van der Waals surface area (Å²) in [5.74, 6) is -10.2. The molecule has 4 rings (SSSR count). The molecule has 1 saturated heterocycles. The molecule has 9 amide bonds. The second-order valence-electron chi connectivity index (χ2n) is 22.5. The van der Waals surface area contributed by atoms with Crippen molar-refractivity contribution < 1.29 is 85.2 Å². The number of unbranched alkanes of at least 4 members (excludes halogenated alkanes) is 1. The van der Waals surface area contributed by atoms with Crippen molar-refractivity contribution in [1.82, 2.24) is 42.1 Å². The fraction of sp³-hybridized carbons (Fsp3) is 0.544. The van der Waals surface area contributed by atoms with E-state index in [-0.39, 0.29) is 87.1 Å². The third-order valence-electron chi connectivity index (χ3n) is 14.0. The number of carboxylic acids is 1. The summed E-state index contributed by atoms with van der Waals surface area (Å²) >= 11 is 0. The van der Waals surface area contributed by atoms with E-state index in [0.717, 1.165) is 12.1 Å². The number of fused-ring (bicyclic) bond motifs is 1. The Kier molecular flexibility index (Phi) is 31.0. The Morgan fingerprint density at radius 3 is 1.94 bits per heavy atom. The Hall–Kier alpha value is -10.2. The first-order valence-corrected chi connectivity index (χ1v) is 29.6. The molecule has 94 heavy (non-hydrogen) atoms. The van der Waals surface area contributed by atoms with E-state index in [9.17, 15) is 81.3 Å². The number of non-ortho nitro benzene ring substituents is 1. The van der Waals surface area contributed by atoms with Crippen LogP contribution >= 0.6 is 0 Å². The van der Waals surface area contributed by atoms with E-state index in [0.29, 0.717) is 48.6 Å². The molecule has 37 heteroatoms. The molecule has 0 radical (unpaired) electrons. The number of anilines is 1. The molecule has 2 heterocycles. The van der Waals surface area contributed by atoms with E-state index in [1.54, 1.807) is 39.8 Å². The largest absolute Gasteiger partial charge is 0.497 e. The topological polar surface area (TPSA) is 533 Å². The molecule has 0 saturated carbocycles. The highest BCUT2D eigenvalue weighted by atomic mass is 19.4. The molecule has 0 spiro atoms. The Bertz CT molecular complexity index is 3310. The number of carbonyl (C=O) groups excluding carboxylic acids is 9. The number of nitrogens with two attached hydrogens (primary N) is 4. The number of carbonyl (C=O) groups is 10. The fourth-order valence-corrected chi connectivity index (χ4v) is 9.46. The van der Waals surface area contributed by atoms with Crippen LogP contribution in [0.2, 0.25) is 0 Å². The molecule has 1 fully saturated rings. The second kappa shape index (κ2) is 37.3. The van der Waals surface area contributed by atoms with Crippen LogP contribution in [0.25, 0.3) is 11.0 Å². The van der Waals surface area contributed by atoms with Crippen molar-refractivity contribution in [3.05, 3.63) is 78.7 Å². The Morgan fingerprint density at radius 1 is 0.755 bits per heavy atom. The van der Waals surface area contributed by atoms with Crippen molar-refractivity contribution in [2.45, 2.75) is 147 Å². The number of rotatable bonds is 35. The van der Waals surface area contributed by atoms with Crippen molar-refractivity contribution in [1.29, 1.82) is 0 Å². The van der Waals surface area contributed by atoms with Gasteiger partial charge in [0.2, 0.25) is 53.2 Å². The molecule has 7 atom stereocenters. The number of benzene rings is 2. The maximum Gasteiger partial charge on any atom is 0.490 e. The van der Waals surface area contributed by atoms with E-state index in [4.69, 9.17) is 42.0 Å². The van der Waals surface area contributed by atoms with E-state index in [2.05, 4.69) is 47.5 Å². The molecule has 518 valence electrons. The van der Waals surface area contributed by atoms with Gasteiger partial charge in [0.1, 0.15) is 59.3 Å². The zero-order valence-electron chi connectivity index (χ0n) is 52.5. The molecule has 1 aromatic heterocycles. The molecular formula is C57H81F3N16O18. The number of guanidine groups is 1. The van der Waals surface area contributed by atoms with Gasteiger partial charge in [0, 0.05) is 43.2 Å². The summed E-state index contributed by atoms with van der Waals surface area (Å²) in [6.07, 6.45) is -3.29. The van der Waals surface area contributed by atoms with Crippen LogP contribution in [0, 0.1) is 32.1 Å². The molecule has 1 aliphatic heterocycles. The molecule has 0 bridgehead atoms. The third kappa shape index (κ3) is 25.8. The first-order valence-electron chi connectivity index (χ1n) is 29.6. The van der Waals surface area contributed by atoms with Crippen LogP contribution in [0.1, 0.15) is 98.0 Å². The average molecular weight is 1340 g/mol. The third-order valence-corrected chi connectivity index (χ3v) is 14.0. The van der Waals surface area contributed by atoms with Crippen LogP contribution in [0.4, 0.5) is 30.2 Å². The van der Waals surface area contributed by atoms with Crippen LogP contribution < -0.4 is 75.8 Å². The lowest BCUT2D eigenvalue weighted by Crippen LogP contribution is -2.59. The number of likely N-dealkylation sites (tertiary alicyclic amines) is 1. The number of alkyl halides is 3. The lowest BCUT2D eigenvalue weighted by atomic mass is 10.0. The summed E-state index contributed by atoms with van der Waals surface area (Å²) < 4.78 is 42.3. The lowest BCUT2D eigenvalue weighted by Gasteiger charge is -2.30. The Labute approximate surface area is 535 Å². The molecule has 34 nitrogen and oxygen atoms in total. The first kappa shape index (κ1) is 78.0. The first-order chi connectivity index (χ1) is 44.1. The van der Waals surface area contributed by atoms with Gasteiger partial charge in [0.15, 0.2) is 5.96 Å². The Morgan fingerprint density at radius 2 is 1.36 bits per heavy atom. The highest BCUT2D eigenvalue weighted by molar-refractivity contribution is 5.98. The van der Waals surface area contributed by atoms with E-state index < -0.39 is 148 Å². The van der Waals surface area contributed by atoms with Gasteiger partial charge >= 0.3 is 17.8 Å². The average Bonchev–Trinajstić information content (AvgIpc) is 1.37. The molecule has 2 aromatic carbocycles. The molecule has 3 aromatic rings. The number of hydrogen-bond acceptors (Lipinski definition) is 20. The molecule has 0 aliphatic carbocycles. The lowest BCUT2D eigenvalue weighted by molar-refractivity contribution is -0.393. The van der Waals surface area contributed by atoms with Crippen LogP contribution in [-0.2, 0) is 54.4 Å². The van der Waals surface area contributed by atoms with Crippen molar-refractivity contribution in [2.75, 3.05) is 45.2 Å². The number of primary amides is 1. The molecule has 17 N–H and O–H groups in total. The number of nitrogens with one attached hydrogen (secondary N) is 8. The van der Waals surface area contributed by atoms with Crippen LogP contribution in [0.5, 0.6) is 5.75 Å². The summed E-state index contributed by atoms with van der Waals surface area (Å²) in [4.78, 5) is 171. The number of amides is 9. The van der Waals surface area contributed by atoms with Gasteiger partial charge < -0.3 is 84.6 Å². The van der Waals surface area contributed by atoms with Gasteiger partial charge in [-0.2, -0.15) is 13.2 Å². The second-order valence-corrected chi connectivity index (χ2v) is 22.5. The zero-order chi connectivity index (χ0) is 70.7. The van der Waals surface area contributed by atoms with Crippen molar-refractivity contribution in [2.24, 2.45) is 39.8 Å². The van der Waals surface area contributed by atoms with Gasteiger partial charge in [0.25, 0.3) is 11.4 Å². The van der Waals surface area contributed by atoms with Gasteiger partial charge in [0.05, 0.1) is 36.0 Å². The zero-order valence-corrected chi connectivity index (χ0v) is 52.5. The quantitative estimate of drug-likeness (QED) is 0.00898. The predicted molar refractivity (Wildman–Crippen MR) is 331 cm³/mol. The predicted octanol–water partition coefficient (Wildman–Crippen LogP) is -0.298. The summed E-state index contributed by atoms with van der Waals surface area (Å²) in [7, 11) is 1.45. The summed E-state index contributed by atoms with van der Waals surface area (Å²) in [5.41, 5.74) is 20.1. The number of ether oxygens (including phenoxy) is 1. The minimum atomic E-state index is -5.08. The van der Waals surface area contributed by atoms with E-state index in [1.165, 1.54) is 31.1 Å². The summed E-state index contributed by atoms with van der Waals surface area (Å²) in [5, 5.41) is 51.5. The number of nitro benzene ring substituents is 2. The Balaban J connectivity index is 0.00000310.